The Morgan fingerprint density at radius 2 is 1.84 bits per heavy atom. The lowest BCUT2D eigenvalue weighted by atomic mass is 10.2. The Kier molecular flexibility index (Phi) is 5.46. The average Bonchev–Trinajstić information content (AvgIpc) is 3.09. The second-order valence-electron chi connectivity index (χ2n) is 5.66. The van der Waals surface area contributed by atoms with Gasteiger partial charge in [0.1, 0.15) is 6.61 Å². The molecule has 3 aromatic rings. The number of benzene rings is 2. The van der Waals surface area contributed by atoms with E-state index in [2.05, 4.69) is 10.1 Å². The van der Waals surface area contributed by atoms with Crippen LogP contribution in [0.3, 0.4) is 0 Å². The first-order valence-electron chi connectivity index (χ1n) is 7.90. The van der Waals surface area contributed by atoms with Gasteiger partial charge in [-0.05, 0) is 36.8 Å². The lowest BCUT2D eigenvalue weighted by Crippen LogP contribution is -2.06. The number of hydrogen-bond acceptors (Lipinski definition) is 5. The van der Waals surface area contributed by atoms with E-state index in [1.54, 1.807) is 12.1 Å². The molecule has 0 fully saturated rings. The second-order valence-corrected chi connectivity index (χ2v) is 6.10. The van der Waals surface area contributed by atoms with Gasteiger partial charge in [-0.3, -0.25) is 4.79 Å². The molecule has 0 aliphatic carbocycles. The zero-order chi connectivity index (χ0) is 17.6. The van der Waals surface area contributed by atoms with E-state index in [-0.39, 0.29) is 19.0 Å². The van der Waals surface area contributed by atoms with Crippen molar-refractivity contribution < 1.29 is 14.1 Å². The number of halogens is 1. The summed E-state index contributed by atoms with van der Waals surface area (Å²) in [5.74, 6) is 0.573. The normalized spacial score (nSPS) is 10.6. The van der Waals surface area contributed by atoms with Gasteiger partial charge in [-0.1, -0.05) is 46.6 Å². The van der Waals surface area contributed by atoms with Gasteiger partial charge < -0.3 is 9.26 Å². The first-order valence-corrected chi connectivity index (χ1v) is 8.27. The molecule has 0 saturated carbocycles. The third kappa shape index (κ3) is 4.90. The zero-order valence-corrected chi connectivity index (χ0v) is 14.5. The molecule has 0 amide bonds. The van der Waals surface area contributed by atoms with Crippen LogP contribution in [-0.2, 0) is 22.6 Å². The molecule has 1 aromatic heterocycles. The van der Waals surface area contributed by atoms with Crippen molar-refractivity contribution in [2.45, 2.75) is 26.4 Å². The minimum absolute atomic E-state index is 0.189. The van der Waals surface area contributed by atoms with Crippen LogP contribution in [0.15, 0.2) is 53.1 Å². The summed E-state index contributed by atoms with van der Waals surface area (Å²) in [6.07, 6.45) is 0.529. The first-order chi connectivity index (χ1) is 12.1. The lowest BCUT2D eigenvalue weighted by Gasteiger charge is -2.04. The Balaban J connectivity index is 1.49. The quantitative estimate of drug-likeness (QED) is 0.613. The second kappa shape index (κ2) is 7.94. The monoisotopic (exact) mass is 356 g/mol. The maximum atomic E-state index is 11.8. The maximum Gasteiger partial charge on any atom is 0.306 e. The van der Waals surface area contributed by atoms with Crippen LogP contribution in [0.1, 0.15) is 23.4 Å². The van der Waals surface area contributed by atoms with Crippen molar-refractivity contribution in [3.8, 4) is 11.4 Å². The van der Waals surface area contributed by atoms with Crippen LogP contribution >= 0.6 is 11.6 Å². The predicted molar refractivity (Wildman–Crippen MR) is 94.0 cm³/mol. The van der Waals surface area contributed by atoms with Crippen molar-refractivity contribution in [2.75, 3.05) is 0 Å². The predicted octanol–water partition coefficient (Wildman–Crippen LogP) is 4.37. The van der Waals surface area contributed by atoms with Gasteiger partial charge in [0.15, 0.2) is 0 Å². The highest BCUT2D eigenvalue weighted by Gasteiger charge is 2.11. The van der Waals surface area contributed by atoms with Crippen molar-refractivity contribution in [3.05, 3.63) is 70.6 Å². The average molecular weight is 357 g/mol. The van der Waals surface area contributed by atoms with E-state index in [9.17, 15) is 4.79 Å². The molecule has 3 rings (SSSR count). The summed E-state index contributed by atoms with van der Waals surface area (Å²) < 4.78 is 10.4. The van der Waals surface area contributed by atoms with Crippen molar-refractivity contribution in [1.29, 1.82) is 0 Å². The molecule has 25 heavy (non-hydrogen) atoms. The van der Waals surface area contributed by atoms with Gasteiger partial charge in [0.25, 0.3) is 0 Å². The summed E-state index contributed by atoms with van der Waals surface area (Å²) >= 11 is 5.85. The van der Waals surface area contributed by atoms with Gasteiger partial charge in [0.05, 0.1) is 6.42 Å². The lowest BCUT2D eigenvalue weighted by molar-refractivity contribution is -0.145. The van der Waals surface area contributed by atoms with Crippen LogP contribution in [0.2, 0.25) is 5.02 Å². The fraction of sp³-hybridized carbons (Fsp3) is 0.211. The molecular formula is C19H17ClN2O3. The van der Waals surface area contributed by atoms with Crippen molar-refractivity contribution in [2.24, 2.45) is 0 Å². The van der Waals surface area contributed by atoms with E-state index in [1.807, 2.05) is 43.3 Å². The molecule has 5 nitrogen and oxygen atoms in total. The molecule has 0 atom stereocenters. The first kappa shape index (κ1) is 17.2. The Labute approximate surface area is 150 Å². The fourth-order valence-corrected chi connectivity index (χ4v) is 2.33. The molecule has 0 radical (unpaired) electrons. The van der Waals surface area contributed by atoms with Gasteiger partial charge in [0.2, 0.25) is 11.7 Å². The van der Waals surface area contributed by atoms with E-state index in [0.717, 1.165) is 11.1 Å². The van der Waals surface area contributed by atoms with E-state index >= 15 is 0 Å². The molecule has 0 aliphatic heterocycles. The number of aryl methyl sites for hydroxylation is 2. The smallest absolute Gasteiger partial charge is 0.306 e. The number of esters is 1. The van der Waals surface area contributed by atoms with Gasteiger partial charge in [0, 0.05) is 17.0 Å². The van der Waals surface area contributed by atoms with E-state index in [1.165, 1.54) is 5.56 Å². The number of rotatable bonds is 6. The molecule has 128 valence electrons. The largest absolute Gasteiger partial charge is 0.461 e. The topological polar surface area (TPSA) is 65.2 Å². The molecule has 6 heteroatoms. The molecule has 1 heterocycles. The van der Waals surface area contributed by atoms with Crippen molar-refractivity contribution in [3.63, 3.8) is 0 Å². The number of nitrogens with zero attached hydrogens (tertiary/aromatic N) is 2. The highest BCUT2D eigenvalue weighted by Crippen LogP contribution is 2.19. The van der Waals surface area contributed by atoms with Crippen LogP contribution in [0.4, 0.5) is 0 Å². The molecule has 0 N–H and O–H groups in total. The highest BCUT2D eigenvalue weighted by molar-refractivity contribution is 6.30. The summed E-state index contributed by atoms with van der Waals surface area (Å²) in [6.45, 7) is 2.28. The summed E-state index contributed by atoms with van der Waals surface area (Å²) in [5, 5.41) is 4.56. The van der Waals surface area contributed by atoms with E-state index in [0.29, 0.717) is 23.2 Å². The minimum Gasteiger partial charge on any atom is -0.461 e. The standard InChI is InChI=1S/C19H17ClN2O3/c1-13-2-4-14(5-3-13)12-24-18(23)11-10-17-21-19(22-25-17)15-6-8-16(20)9-7-15/h2-9H,10-12H2,1H3. The van der Waals surface area contributed by atoms with Gasteiger partial charge in [-0.25, -0.2) is 0 Å². The fourth-order valence-electron chi connectivity index (χ4n) is 2.20. The molecule has 0 saturated heterocycles. The number of carbonyl (C=O) groups excluding carboxylic acids is 1. The maximum absolute atomic E-state index is 11.8. The van der Waals surface area contributed by atoms with Crippen molar-refractivity contribution in [1.82, 2.24) is 10.1 Å². The minimum atomic E-state index is -0.299. The van der Waals surface area contributed by atoms with E-state index < -0.39 is 0 Å². The summed E-state index contributed by atoms with van der Waals surface area (Å²) in [7, 11) is 0. The Morgan fingerprint density at radius 3 is 2.56 bits per heavy atom. The summed E-state index contributed by atoms with van der Waals surface area (Å²) in [4.78, 5) is 16.1. The van der Waals surface area contributed by atoms with E-state index in [4.69, 9.17) is 20.9 Å². The van der Waals surface area contributed by atoms with Crippen LogP contribution in [-0.4, -0.2) is 16.1 Å². The Morgan fingerprint density at radius 1 is 1.12 bits per heavy atom. The van der Waals surface area contributed by atoms with Crippen LogP contribution in [0.25, 0.3) is 11.4 Å². The van der Waals surface area contributed by atoms with Gasteiger partial charge in [-0.15, -0.1) is 0 Å². The van der Waals surface area contributed by atoms with Crippen LogP contribution < -0.4 is 0 Å². The van der Waals surface area contributed by atoms with Gasteiger partial charge in [-0.2, -0.15) is 4.98 Å². The number of aromatic nitrogens is 2. The number of hydrogen-bond donors (Lipinski definition) is 0. The molecule has 0 bridgehead atoms. The van der Waals surface area contributed by atoms with Crippen LogP contribution in [0.5, 0.6) is 0 Å². The molecule has 0 spiro atoms. The summed E-state index contributed by atoms with van der Waals surface area (Å²) in [6, 6.07) is 15.0. The number of carbonyl (C=O) groups is 1. The third-order valence-electron chi connectivity index (χ3n) is 3.63. The highest BCUT2D eigenvalue weighted by atomic mass is 35.5. The number of ether oxygens (including phenoxy) is 1. The van der Waals surface area contributed by atoms with Crippen molar-refractivity contribution >= 4 is 17.6 Å². The third-order valence-corrected chi connectivity index (χ3v) is 3.89. The molecule has 0 aliphatic rings. The Hall–Kier alpha value is -2.66. The zero-order valence-electron chi connectivity index (χ0n) is 13.7. The molecule has 0 unspecified atom stereocenters. The van der Waals surface area contributed by atoms with Crippen LogP contribution in [0, 0.1) is 6.92 Å². The van der Waals surface area contributed by atoms with Gasteiger partial charge >= 0.3 is 5.97 Å². The SMILES string of the molecule is Cc1ccc(COC(=O)CCc2nc(-c3ccc(Cl)cc3)no2)cc1. The summed E-state index contributed by atoms with van der Waals surface area (Å²) in [5.41, 5.74) is 2.94. The Bertz CT molecular complexity index is 842. The molecular weight excluding hydrogens is 340 g/mol. The molecule has 2 aromatic carbocycles.